The number of hydrogen-bond acceptors (Lipinski definition) is 5. The van der Waals surface area contributed by atoms with Crippen LogP contribution in [0, 0.1) is 17.8 Å². The Morgan fingerprint density at radius 1 is 0.694 bits per heavy atom. The molecular formula is C28H51N3O5. The van der Waals surface area contributed by atoms with Crippen molar-refractivity contribution in [2.24, 2.45) is 17.8 Å². The molecule has 3 N–H and O–H groups in total. The van der Waals surface area contributed by atoms with E-state index in [9.17, 15) is 19.2 Å². The Balaban J connectivity index is 3.24. The van der Waals surface area contributed by atoms with Gasteiger partial charge in [-0.15, -0.1) is 0 Å². The third-order valence-corrected chi connectivity index (χ3v) is 6.33. The summed E-state index contributed by atoms with van der Waals surface area (Å²) in [4.78, 5) is 52.7. The lowest BCUT2D eigenvalue weighted by Crippen LogP contribution is -2.56. The normalized spacial score (nSPS) is 24.5. The van der Waals surface area contributed by atoms with Crippen LogP contribution in [0.15, 0.2) is 0 Å². The van der Waals surface area contributed by atoms with Gasteiger partial charge in [0.05, 0.1) is 6.42 Å². The van der Waals surface area contributed by atoms with Gasteiger partial charge in [-0.3, -0.25) is 14.4 Å². The zero-order valence-electron chi connectivity index (χ0n) is 23.7. The molecular weight excluding hydrogens is 458 g/mol. The van der Waals surface area contributed by atoms with E-state index in [4.69, 9.17) is 4.74 Å². The Kier molecular flexibility index (Phi) is 14.7. The molecule has 0 radical (unpaired) electrons. The van der Waals surface area contributed by atoms with Crippen LogP contribution in [0.3, 0.4) is 0 Å². The van der Waals surface area contributed by atoms with Crippen LogP contribution in [0.1, 0.15) is 113 Å². The minimum atomic E-state index is -0.832. The Morgan fingerprint density at radius 3 is 1.69 bits per heavy atom. The van der Waals surface area contributed by atoms with Gasteiger partial charge in [0.1, 0.15) is 24.2 Å². The predicted octanol–water partition coefficient (Wildman–Crippen LogP) is 4.26. The van der Waals surface area contributed by atoms with Crippen LogP contribution >= 0.6 is 0 Å². The van der Waals surface area contributed by atoms with Crippen LogP contribution in [0.4, 0.5) is 0 Å². The van der Waals surface area contributed by atoms with E-state index >= 15 is 0 Å². The van der Waals surface area contributed by atoms with Gasteiger partial charge in [0, 0.05) is 0 Å². The minimum Gasteiger partial charge on any atom is -0.460 e. The molecule has 8 heteroatoms. The Labute approximate surface area is 218 Å². The topological polar surface area (TPSA) is 114 Å². The average molecular weight is 510 g/mol. The van der Waals surface area contributed by atoms with Gasteiger partial charge >= 0.3 is 5.97 Å². The summed E-state index contributed by atoms with van der Waals surface area (Å²) in [5.41, 5.74) is 0. The number of rotatable bonds is 12. The van der Waals surface area contributed by atoms with Crippen molar-refractivity contribution in [3.05, 3.63) is 0 Å². The summed E-state index contributed by atoms with van der Waals surface area (Å²) in [7, 11) is 0. The number of unbranched alkanes of at least 4 members (excludes halogenated alkanes) is 4. The average Bonchev–Trinajstić information content (AvgIpc) is 2.76. The SMILES string of the molecule is CCCCCCCC1CC(=O)NC(CC(C)C)C(=O)NC(CC(C)C)C(=O)NC(CC(C)C)C(=O)O1. The molecule has 0 saturated carbocycles. The summed E-state index contributed by atoms with van der Waals surface area (Å²) in [5, 5.41) is 8.55. The van der Waals surface area contributed by atoms with Crippen LogP contribution in [0.25, 0.3) is 0 Å². The molecule has 0 bridgehead atoms. The van der Waals surface area contributed by atoms with Crippen LogP contribution in [0.5, 0.6) is 0 Å². The number of carbonyl (C=O) groups excluding carboxylic acids is 4. The number of nitrogens with one attached hydrogen (secondary N) is 3. The number of cyclic esters (lactones) is 1. The van der Waals surface area contributed by atoms with Gasteiger partial charge in [-0.1, -0.05) is 74.1 Å². The highest BCUT2D eigenvalue weighted by molar-refractivity contribution is 5.94. The molecule has 1 fully saturated rings. The van der Waals surface area contributed by atoms with Gasteiger partial charge in [0.2, 0.25) is 17.7 Å². The van der Waals surface area contributed by atoms with Crippen molar-refractivity contribution in [3.8, 4) is 0 Å². The molecule has 0 aromatic carbocycles. The second kappa shape index (κ2) is 16.6. The lowest BCUT2D eigenvalue weighted by atomic mass is 9.99. The molecule has 1 aliphatic rings. The molecule has 4 atom stereocenters. The third-order valence-electron chi connectivity index (χ3n) is 6.33. The fourth-order valence-corrected chi connectivity index (χ4v) is 4.52. The van der Waals surface area contributed by atoms with Gasteiger partial charge < -0.3 is 20.7 Å². The smallest absolute Gasteiger partial charge is 0.328 e. The van der Waals surface area contributed by atoms with Crippen molar-refractivity contribution >= 4 is 23.7 Å². The molecule has 0 aromatic heterocycles. The van der Waals surface area contributed by atoms with E-state index in [-0.39, 0.29) is 36.0 Å². The first-order chi connectivity index (χ1) is 16.9. The van der Waals surface area contributed by atoms with E-state index in [1.807, 2.05) is 41.5 Å². The predicted molar refractivity (Wildman–Crippen MR) is 142 cm³/mol. The van der Waals surface area contributed by atoms with E-state index < -0.39 is 36.1 Å². The van der Waals surface area contributed by atoms with Crippen molar-refractivity contribution in [2.45, 2.75) is 137 Å². The Morgan fingerprint density at radius 2 is 1.17 bits per heavy atom. The molecule has 0 aromatic rings. The molecule has 3 amide bonds. The molecule has 8 nitrogen and oxygen atoms in total. The van der Waals surface area contributed by atoms with Gasteiger partial charge in [0.15, 0.2) is 0 Å². The van der Waals surface area contributed by atoms with E-state index in [0.717, 1.165) is 32.1 Å². The van der Waals surface area contributed by atoms with Crippen LogP contribution in [-0.2, 0) is 23.9 Å². The fourth-order valence-electron chi connectivity index (χ4n) is 4.52. The van der Waals surface area contributed by atoms with Crippen LogP contribution < -0.4 is 16.0 Å². The standard InChI is InChI=1S/C28H51N3O5/c1-8-9-10-11-12-13-21-17-25(32)29-22(14-18(2)3)26(33)30-23(15-19(4)5)27(34)31-24(16-20(6)7)28(35)36-21/h18-24H,8-17H2,1-7H3,(H,29,32)(H,30,33)(H,31,34). The summed E-state index contributed by atoms with van der Waals surface area (Å²) in [6.07, 6.45) is 6.49. The summed E-state index contributed by atoms with van der Waals surface area (Å²) >= 11 is 0. The van der Waals surface area contributed by atoms with Gasteiger partial charge in [-0.2, -0.15) is 0 Å². The Hall–Kier alpha value is -2.12. The highest BCUT2D eigenvalue weighted by atomic mass is 16.5. The number of ether oxygens (including phenoxy) is 1. The van der Waals surface area contributed by atoms with Crippen molar-refractivity contribution in [3.63, 3.8) is 0 Å². The maximum absolute atomic E-state index is 13.3. The molecule has 1 aliphatic heterocycles. The second-order valence-electron chi connectivity index (χ2n) is 11.6. The minimum absolute atomic E-state index is 0.000833. The molecule has 208 valence electrons. The van der Waals surface area contributed by atoms with Crippen LogP contribution in [-0.4, -0.2) is 47.9 Å². The first kappa shape index (κ1) is 31.9. The maximum Gasteiger partial charge on any atom is 0.328 e. The monoisotopic (exact) mass is 509 g/mol. The lowest BCUT2D eigenvalue weighted by Gasteiger charge is -2.26. The van der Waals surface area contributed by atoms with E-state index in [1.165, 1.54) is 0 Å². The quantitative estimate of drug-likeness (QED) is 0.269. The zero-order chi connectivity index (χ0) is 27.3. The summed E-state index contributed by atoms with van der Waals surface area (Å²) in [6, 6.07) is -2.39. The fraction of sp³-hybridized carbons (Fsp3) is 0.857. The highest BCUT2D eigenvalue weighted by Crippen LogP contribution is 2.17. The first-order valence-corrected chi connectivity index (χ1v) is 14.0. The summed E-state index contributed by atoms with van der Waals surface area (Å²) in [5.74, 6) is -1.16. The first-order valence-electron chi connectivity index (χ1n) is 14.0. The van der Waals surface area contributed by atoms with Gasteiger partial charge in [0.25, 0.3) is 0 Å². The van der Waals surface area contributed by atoms with E-state index in [0.29, 0.717) is 25.7 Å². The number of amides is 3. The number of esters is 1. The van der Waals surface area contributed by atoms with Crippen molar-refractivity contribution in [2.75, 3.05) is 0 Å². The molecule has 1 rings (SSSR count). The number of hydrogen-bond donors (Lipinski definition) is 3. The molecule has 4 unspecified atom stereocenters. The third kappa shape index (κ3) is 12.7. The summed E-state index contributed by atoms with van der Waals surface area (Å²) < 4.78 is 5.84. The van der Waals surface area contributed by atoms with Gasteiger partial charge in [-0.05, 0) is 49.9 Å². The summed E-state index contributed by atoms with van der Waals surface area (Å²) in [6.45, 7) is 14.0. The van der Waals surface area contributed by atoms with Crippen molar-refractivity contribution in [1.29, 1.82) is 0 Å². The maximum atomic E-state index is 13.3. The number of carbonyl (C=O) groups is 4. The highest BCUT2D eigenvalue weighted by Gasteiger charge is 2.33. The zero-order valence-corrected chi connectivity index (χ0v) is 23.7. The molecule has 0 spiro atoms. The van der Waals surface area contributed by atoms with E-state index in [1.54, 1.807) is 0 Å². The second-order valence-corrected chi connectivity index (χ2v) is 11.6. The molecule has 1 heterocycles. The Bertz CT molecular complexity index is 707. The van der Waals surface area contributed by atoms with Gasteiger partial charge in [-0.25, -0.2) is 4.79 Å². The van der Waals surface area contributed by atoms with E-state index in [2.05, 4.69) is 22.9 Å². The largest absolute Gasteiger partial charge is 0.460 e. The van der Waals surface area contributed by atoms with Crippen molar-refractivity contribution in [1.82, 2.24) is 16.0 Å². The van der Waals surface area contributed by atoms with Crippen molar-refractivity contribution < 1.29 is 23.9 Å². The molecule has 1 saturated heterocycles. The lowest BCUT2D eigenvalue weighted by molar-refractivity contribution is -0.155. The molecule has 0 aliphatic carbocycles. The molecule has 36 heavy (non-hydrogen) atoms. The van der Waals surface area contributed by atoms with Crippen LogP contribution in [0.2, 0.25) is 0 Å².